The monoisotopic (exact) mass is 460 g/mol. The number of amides is 1. The molecule has 7 nitrogen and oxygen atoms in total. The summed E-state index contributed by atoms with van der Waals surface area (Å²) in [6.07, 6.45) is 4.08. The number of pyridine rings is 1. The van der Waals surface area contributed by atoms with Crippen molar-refractivity contribution in [3.05, 3.63) is 44.7 Å². The quantitative estimate of drug-likeness (QED) is 0.347. The van der Waals surface area contributed by atoms with Gasteiger partial charge in [-0.25, -0.2) is 4.98 Å². The standard InChI is InChI=1S/C22H28N4O3S2/c1-5-29-10-6-9-25-21(28)17(31-22(25)30)11-16-19(23-12-14(2)3)24-18-8-7-15(4)13-26(18)20(16)27/h7-8,11,13-14,23H,5-6,9-10,12H2,1-4H3. The van der Waals surface area contributed by atoms with E-state index in [1.54, 1.807) is 17.2 Å². The van der Waals surface area contributed by atoms with Crippen molar-refractivity contribution >= 4 is 51.7 Å². The Bertz CT molecular complexity index is 1080. The van der Waals surface area contributed by atoms with Gasteiger partial charge in [0.2, 0.25) is 0 Å². The van der Waals surface area contributed by atoms with E-state index < -0.39 is 0 Å². The molecule has 3 heterocycles. The van der Waals surface area contributed by atoms with Crippen molar-refractivity contribution in [2.45, 2.75) is 34.1 Å². The maximum absolute atomic E-state index is 13.3. The number of carbonyl (C=O) groups excluding carboxylic acids is 1. The van der Waals surface area contributed by atoms with Crippen LogP contribution >= 0.6 is 24.0 Å². The van der Waals surface area contributed by atoms with Gasteiger partial charge in [0, 0.05) is 32.5 Å². The molecule has 1 aliphatic rings. The van der Waals surface area contributed by atoms with Gasteiger partial charge in [-0.05, 0) is 43.9 Å². The molecule has 2 aromatic heterocycles. The molecular weight excluding hydrogens is 432 g/mol. The Morgan fingerprint density at radius 3 is 2.81 bits per heavy atom. The van der Waals surface area contributed by atoms with Gasteiger partial charge in [0.05, 0.1) is 10.5 Å². The van der Waals surface area contributed by atoms with Crippen LogP contribution in [0.3, 0.4) is 0 Å². The molecule has 1 N–H and O–H groups in total. The van der Waals surface area contributed by atoms with E-state index in [0.29, 0.717) is 64.9 Å². The molecule has 9 heteroatoms. The molecule has 0 saturated carbocycles. The number of fused-ring (bicyclic) bond motifs is 1. The Morgan fingerprint density at radius 2 is 2.10 bits per heavy atom. The Hall–Kier alpha value is -2.23. The van der Waals surface area contributed by atoms with Crippen molar-refractivity contribution in [1.82, 2.24) is 14.3 Å². The van der Waals surface area contributed by atoms with Crippen LogP contribution in [-0.4, -0.2) is 50.8 Å². The molecule has 0 radical (unpaired) electrons. The lowest BCUT2D eigenvalue weighted by atomic mass is 10.2. The van der Waals surface area contributed by atoms with Crippen molar-refractivity contribution < 1.29 is 9.53 Å². The predicted molar refractivity (Wildman–Crippen MR) is 131 cm³/mol. The second-order valence-corrected chi connectivity index (χ2v) is 9.45. The van der Waals surface area contributed by atoms with Crippen molar-refractivity contribution in [3.8, 4) is 0 Å². The molecule has 0 aromatic carbocycles. The fourth-order valence-corrected chi connectivity index (χ4v) is 4.41. The number of thiocarbonyl (C=S) groups is 1. The number of nitrogens with zero attached hydrogens (tertiary/aromatic N) is 3. The Labute approximate surface area is 191 Å². The molecule has 3 rings (SSSR count). The number of hydrogen-bond acceptors (Lipinski definition) is 7. The highest BCUT2D eigenvalue weighted by Gasteiger charge is 2.32. The van der Waals surface area contributed by atoms with Crippen molar-refractivity contribution in [2.75, 3.05) is 31.6 Å². The summed E-state index contributed by atoms with van der Waals surface area (Å²) in [5, 5.41) is 3.27. The largest absolute Gasteiger partial charge is 0.382 e. The van der Waals surface area contributed by atoms with Crippen LogP contribution in [0.1, 0.15) is 38.3 Å². The molecule has 1 amide bonds. The number of nitrogens with one attached hydrogen (secondary N) is 1. The molecule has 0 spiro atoms. The van der Waals surface area contributed by atoms with Crippen LogP contribution < -0.4 is 10.9 Å². The zero-order valence-corrected chi connectivity index (χ0v) is 19.9. The number of carbonyl (C=O) groups is 1. The number of ether oxygens (including phenoxy) is 1. The maximum atomic E-state index is 13.3. The van der Waals surface area contributed by atoms with Crippen LogP contribution in [0.2, 0.25) is 0 Å². The first-order valence-electron chi connectivity index (χ1n) is 10.4. The van der Waals surface area contributed by atoms with E-state index in [-0.39, 0.29) is 11.5 Å². The summed E-state index contributed by atoms with van der Waals surface area (Å²) in [5.74, 6) is 0.661. The van der Waals surface area contributed by atoms with E-state index in [9.17, 15) is 9.59 Å². The minimum absolute atomic E-state index is 0.185. The molecule has 1 aliphatic heterocycles. The number of thioether (sulfide) groups is 1. The SMILES string of the molecule is CCOCCCN1C(=O)C(=Cc2c(NCC(C)C)nc3ccc(C)cn3c2=O)SC1=S. The van der Waals surface area contributed by atoms with E-state index in [1.807, 2.05) is 26.0 Å². The van der Waals surface area contributed by atoms with Gasteiger partial charge >= 0.3 is 0 Å². The third kappa shape index (κ3) is 5.53. The lowest BCUT2D eigenvalue weighted by Crippen LogP contribution is -2.29. The molecular formula is C22H28N4O3S2. The first kappa shape index (κ1) is 23.4. The number of aryl methyl sites for hydroxylation is 1. The maximum Gasteiger partial charge on any atom is 0.267 e. The fourth-order valence-electron chi connectivity index (χ4n) is 3.12. The molecule has 31 heavy (non-hydrogen) atoms. The Kier molecular flexibility index (Phi) is 7.85. The van der Waals surface area contributed by atoms with Crippen LogP contribution in [0.25, 0.3) is 11.7 Å². The molecule has 0 atom stereocenters. The molecule has 166 valence electrons. The van der Waals surface area contributed by atoms with Gasteiger partial charge < -0.3 is 10.1 Å². The van der Waals surface area contributed by atoms with Gasteiger partial charge in [0.25, 0.3) is 11.5 Å². The summed E-state index contributed by atoms with van der Waals surface area (Å²) in [7, 11) is 0. The summed E-state index contributed by atoms with van der Waals surface area (Å²) in [5.41, 5.74) is 1.65. The molecule has 1 fully saturated rings. The van der Waals surface area contributed by atoms with Gasteiger partial charge in [0.1, 0.15) is 15.8 Å². The van der Waals surface area contributed by atoms with Crippen molar-refractivity contribution in [3.63, 3.8) is 0 Å². The van der Waals surface area contributed by atoms with E-state index in [2.05, 4.69) is 24.1 Å². The van der Waals surface area contributed by atoms with Crippen molar-refractivity contribution in [2.24, 2.45) is 5.92 Å². The smallest absolute Gasteiger partial charge is 0.267 e. The molecule has 0 unspecified atom stereocenters. The van der Waals surface area contributed by atoms with Gasteiger partial charge in [-0.2, -0.15) is 0 Å². The second kappa shape index (κ2) is 10.4. The zero-order chi connectivity index (χ0) is 22.5. The van der Waals surface area contributed by atoms with Gasteiger partial charge in [-0.3, -0.25) is 18.9 Å². The predicted octanol–water partition coefficient (Wildman–Crippen LogP) is 3.70. The topological polar surface area (TPSA) is 75.9 Å². The van der Waals surface area contributed by atoms with E-state index in [0.717, 1.165) is 5.56 Å². The van der Waals surface area contributed by atoms with Gasteiger partial charge in [-0.15, -0.1) is 0 Å². The second-order valence-electron chi connectivity index (χ2n) is 7.77. The first-order chi connectivity index (χ1) is 14.8. The van der Waals surface area contributed by atoms with Crippen LogP contribution in [0.5, 0.6) is 0 Å². The Balaban J connectivity index is 1.98. The zero-order valence-electron chi connectivity index (χ0n) is 18.3. The highest BCUT2D eigenvalue weighted by molar-refractivity contribution is 8.26. The summed E-state index contributed by atoms with van der Waals surface area (Å²) in [6, 6.07) is 3.74. The van der Waals surface area contributed by atoms with Crippen LogP contribution in [0, 0.1) is 12.8 Å². The molecule has 0 bridgehead atoms. The highest BCUT2D eigenvalue weighted by atomic mass is 32.2. The van der Waals surface area contributed by atoms with E-state index >= 15 is 0 Å². The first-order valence-corrected chi connectivity index (χ1v) is 11.6. The number of hydrogen-bond donors (Lipinski definition) is 1. The third-order valence-electron chi connectivity index (χ3n) is 4.71. The minimum atomic E-state index is -0.221. The number of anilines is 1. The molecule has 1 saturated heterocycles. The summed E-state index contributed by atoms with van der Waals surface area (Å²) in [6.45, 7) is 10.4. The minimum Gasteiger partial charge on any atom is -0.382 e. The van der Waals surface area contributed by atoms with Crippen LogP contribution in [0.15, 0.2) is 28.0 Å². The average molecular weight is 461 g/mol. The summed E-state index contributed by atoms with van der Waals surface area (Å²) >= 11 is 6.62. The Morgan fingerprint density at radius 1 is 1.32 bits per heavy atom. The molecule has 2 aromatic rings. The summed E-state index contributed by atoms with van der Waals surface area (Å²) < 4.78 is 7.36. The number of rotatable bonds is 9. The van der Waals surface area contributed by atoms with Crippen LogP contribution in [0.4, 0.5) is 5.82 Å². The highest BCUT2D eigenvalue weighted by Crippen LogP contribution is 2.33. The van der Waals surface area contributed by atoms with Crippen molar-refractivity contribution in [1.29, 1.82) is 0 Å². The van der Waals surface area contributed by atoms with E-state index in [4.69, 9.17) is 17.0 Å². The van der Waals surface area contributed by atoms with Gasteiger partial charge in [-0.1, -0.05) is 43.9 Å². The normalized spacial score (nSPS) is 15.6. The summed E-state index contributed by atoms with van der Waals surface area (Å²) in [4.78, 5) is 32.9. The number of aromatic nitrogens is 2. The molecule has 0 aliphatic carbocycles. The van der Waals surface area contributed by atoms with Crippen LogP contribution in [-0.2, 0) is 9.53 Å². The van der Waals surface area contributed by atoms with Gasteiger partial charge in [0.15, 0.2) is 0 Å². The lowest BCUT2D eigenvalue weighted by Gasteiger charge is -2.14. The average Bonchev–Trinajstić information content (AvgIpc) is 2.99. The fraction of sp³-hybridized carbons (Fsp3) is 0.455. The lowest BCUT2D eigenvalue weighted by molar-refractivity contribution is -0.122. The van der Waals surface area contributed by atoms with E-state index in [1.165, 1.54) is 16.2 Å². The third-order valence-corrected chi connectivity index (χ3v) is 6.08.